The first kappa shape index (κ1) is 25.5. The van der Waals surface area contributed by atoms with Crippen LogP contribution in [0.5, 0.6) is 0 Å². The summed E-state index contributed by atoms with van der Waals surface area (Å²) < 4.78 is 17.8. The molecule has 0 aromatic heterocycles. The van der Waals surface area contributed by atoms with E-state index < -0.39 is 87.2 Å². The third-order valence-electron chi connectivity index (χ3n) is 11.7. The number of rotatable bonds is 0. The molecule has 11 heteroatoms. The molecule has 4 N–H and O–H groups in total. The summed E-state index contributed by atoms with van der Waals surface area (Å²) >= 11 is 0. The summed E-state index contributed by atoms with van der Waals surface area (Å²) in [7, 11) is 0. The van der Waals surface area contributed by atoms with Crippen LogP contribution in [0.3, 0.4) is 0 Å². The summed E-state index contributed by atoms with van der Waals surface area (Å²) in [6.07, 6.45) is -2.46. The first-order valence-corrected chi connectivity index (χ1v) is 13.5. The maximum atomic E-state index is 14.6. The molecule has 11 nitrogen and oxygen atoms in total. The summed E-state index contributed by atoms with van der Waals surface area (Å²) in [5.41, 5.74) is -8.74. The van der Waals surface area contributed by atoms with E-state index in [0.717, 1.165) is 0 Å². The van der Waals surface area contributed by atoms with Gasteiger partial charge in [-0.25, -0.2) is 9.59 Å². The highest BCUT2D eigenvalue weighted by Gasteiger charge is 2.92. The third kappa shape index (κ3) is 2.39. The smallest absolute Gasteiger partial charge is 0.342 e. The molecule has 7 aliphatic rings. The Morgan fingerprint density at radius 1 is 1.05 bits per heavy atom. The van der Waals surface area contributed by atoms with Crippen molar-refractivity contribution in [3.05, 3.63) is 23.8 Å². The minimum absolute atomic E-state index is 0.0316. The maximum Gasteiger partial charge on any atom is 0.342 e. The van der Waals surface area contributed by atoms with E-state index in [1.807, 2.05) is 0 Å². The lowest BCUT2D eigenvalue weighted by molar-refractivity contribution is -0.345. The molecule has 4 saturated heterocycles. The zero-order valence-corrected chi connectivity index (χ0v) is 21.9. The fourth-order valence-corrected chi connectivity index (χ4v) is 9.59. The van der Waals surface area contributed by atoms with E-state index in [1.165, 1.54) is 13.0 Å². The van der Waals surface area contributed by atoms with Crippen molar-refractivity contribution in [3.8, 4) is 0 Å². The monoisotopic (exact) mass is 544 g/mol. The molecule has 4 heterocycles. The van der Waals surface area contributed by atoms with Gasteiger partial charge in [0, 0.05) is 17.4 Å². The number of Topliss-reactive ketones (excluding diaryl/α,β-unsaturated/α-hetero) is 2. The van der Waals surface area contributed by atoms with E-state index in [4.69, 9.17) is 14.2 Å². The molecule has 4 aliphatic heterocycles. The fraction of sp³-hybridized carbons (Fsp3) is 0.714. The average molecular weight is 545 g/mol. The van der Waals surface area contributed by atoms with E-state index in [0.29, 0.717) is 5.57 Å². The number of carbonyl (C=O) groups is 4. The van der Waals surface area contributed by atoms with Crippen LogP contribution >= 0.6 is 0 Å². The molecule has 1 unspecified atom stereocenters. The van der Waals surface area contributed by atoms with E-state index in [1.54, 1.807) is 13.8 Å². The van der Waals surface area contributed by atoms with Gasteiger partial charge in [0.1, 0.15) is 11.9 Å². The van der Waals surface area contributed by atoms with Gasteiger partial charge in [-0.2, -0.15) is 0 Å². The SMILES string of the molecule is C=C1C(=O)O[C@@H]2C[C@@]1(C)[C@@H]1C(=O)[C@]3(O)O[C@]14[C@@]2(C)OC(=O)[C@@]4(O)CC[C@H]1[C@H]3[C@H](O)C=C2CC(O)CC(=O)[C@@]21C. The van der Waals surface area contributed by atoms with Gasteiger partial charge in [-0.05, 0) is 45.4 Å². The first-order chi connectivity index (χ1) is 18.0. The van der Waals surface area contributed by atoms with Crippen molar-refractivity contribution in [3.63, 3.8) is 0 Å². The number of ketones is 2. The molecule has 6 fully saturated rings. The molecule has 12 atom stereocenters. The Hall–Kier alpha value is -2.44. The Kier molecular flexibility index (Phi) is 4.50. The second kappa shape index (κ2) is 6.88. The lowest BCUT2D eigenvalue weighted by Gasteiger charge is -2.60. The molecule has 39 heavy (non-hydrogen) atoms. The number of esters is 2. The van der Waals surface area contributed by atoms with Gasteiger partial charge < -0.3 is 34.6 Å². The van der Waals surface area contributed by atoms with Gasteiger partial charge in [-0.15, -0.1) is 0 Å². The Labute approximate surface area is 223 Å². The standard InChI is InChI=1S/C28H32O11/c1-11-21(33)37-17-10-23(11,2)19-20(32)27(36)18-14(24(3)12(8-15(18)30)7-13(29)9-16(24)31)5-6-26(35)22(34)38-25(17,4)28(19,26)39-27/h8,13-15,17-19,29-30,35-36H,1,5-7,9-10H2,2-4H3/t13?,14-,15+,17+,18-,19-,23+,24-,25-,26-,27+,28-/m0/s1. The summed E-state index contributed by atoms with van der Waals surface area (Å²) in [4.78, 5) is 54.6. The molecule has 4 bridgehead atoms. The molecular formula is C28H32O11. The Bertz CT molecular complexity index is 1340. The van der Waals surface area contributed by atoms with E-state index >= 15 is 0 Å². The number of carbonyl (C=O) groups excluding carboxylic acids is 4. The van der Waals surface area contributed by atoms with Crippen LogP contribution in [0.15, 0.2) is 23.8 Å². The zero-order valence-electron chi connectivity index (χ0n) is 21.9. The van der Waals surface area contributed by atoms with Gasteiger partial charge in [0.25, 0.3) is 0 Å². The number of hydrogen-bond acceptors (Lipinski definition) is 11. The Morgan fingerprint density at radius 2 is 1.74 bits per heavy atom. The third-order valence-corrected chi connectivity index (χ3v) is 11.7. The number of aliphatic hydroxyl groups excluding tert-OH is 2. The number of fused-ring (bicyclic) bond motifs is 9. The lowest BCUT2D eigenvalue weighted by atomic mass is 9.47. The summed E-state index contributed by atoms with van der Waals surface area (Å²) in [5.74, 6) is -9.61. The predicted octanol–water partition coefficient (Wildman–Crippen LogP) is -0.375. The van der Waals surface area contributed by atoms with E-state index in [-0.39, 0.29) is 43.5 Å². The van der Waals surface area contributed by atoms with Crippen molar-refractivity contribution < 1.29 is 53.8 Å². The maximum absolute atomic E-state index is 14.6. The van der Waals surface area contributed by atoms with Crippen molar-refractivity contribution in [2.45, 2.75) is 93.8 Å². The van der Waals surface area contributed by atoms with E-state index in [9.17, 15) is 39.6 Å². The number of aliphatic hydroxyl groups is 4. The van der Waals surface area contributed by atoms with Gasteiger partial charge in [0.15, 0.2) is 22.6 Å². The average Bonchev–Trinajstić information content (AvgIpc) is 3.19. The quantitative estimate of drug-likeness (QED) is 0.178. The Morgan fingerprint density at radius 3 is 2.44 bits per heavy atom. The summed E-state index contributed by atoms with van der Waals surface area (Å²) in [5, 5.41) is 46.4. The van der Waals surface area contributed by atoms with Crippen molar-refractivity contribution in [1.82, 2.24) is 0 Å². The largest absolute Gasteiger partial charge is 0.455 e. The fourth-order valence-electron chi connectivity index (χ4n) is 9.59. The van der Waals surface area contributed by atoms with Crippen molar-refractivity contribution in [2.75, 3.05) is 0 Å². The number of ether oxygens (including phenoxy) is 3. The van der Waals surface area contributed by atoms with Crippen LogP contribution in [0.1, 0.15) is 52.9 Å². The molecule has 3 aliphatic carbocycles. The first-order valence-electron chi connectivity index (χ1n) is 13.5. The van der Waals surface area contributed by atoms with Gasteiger partial charge >= 0.3 is 11.9 Å². The van der Waals surface area contributed by atoms with Crippen LogP contribution < -0.4 is 0 Å². The minimum atomic E-state index is -2.76. The summed E-state index contributed by atoms with van der Waals surface area (Å²) in [6.45, 7) is 8.56. The van der Waals surface area contributed by atoms with Crippen LogP contribution in [-0.2, 0) is 33.4 Å². The van der Waals surface area contributed by atoms with Crippen LogP contribution in [0.2, 0.25) is 0 Å². The van der Waals surface area contributed by atoms with Gasteiger partial charge in [-0.1, -0.05) is 25.2 Å². The normalized spacial score (nSPS) is 57.4. The molecule has 0 aromatic rings. The summed E-state index contributed by atoms with van der Waals surface area (Å²) in [6, 6.07) is 0. The molecular weight excluding hydrogens is 512 g/mol. The minimum Gasteiger partial charge on any atom is -0.455 e. The highest BCUT2D eigenvalue weighted by molar-refractivity contribution is 6.01. The van der Waals surface area contributed by atoms with Crippen LogP contribution in [-0.4, -0.2) is 84.8 Å². The number of hydrogen-bond donors (Lipinski definition) is 4. The molecule has 0 amide bonds. The molecule has 7 rings (SSSR count). The predicted molar refractivity (Wildman–Crippen MR) is 127 cm³/mol. The second-order valence-electron chi connectivity index (χ2n) is 13.2. The highest BCUT2D eigenvalue weighted by atomic mass is 16.7. The highest BCUT2D eigenvalue weighted by Crippen LogP contribution is 2.73. The van der Waals surface area contributed by atoms with Crippen molar-refractivity contribution in [1.29, 1.82) is 0 Å². The topological polar surface area (TPSA) is 177 Å². The molecule has 210 valence electrons. The molecule has 2 saturated carbocycles. The van der Waals surface area contributed by atoms with Gasteiger partial charge in [0.2, 0.25) is 5.79 Å². The van der Waals surface area contributed by atoms with Crippen LogP contribution in [0.25, 0.3) is 0 Å². The second-order valence-corrected chi connectivity index (χ2v) is 13.2. The molecule has 1 spiro atoms. The lowest BCUT2D eigenvalue weighted by Crippen LogP contribution is -2.77. The van der Waals surface area contributed by atoms with E-state index in [2.05, 4.69) is 6.58 Å². The van der Waals surface area contributed by atoms with Crippen molar-refractivity contribution in [2.24, 2.45) is 28.6 Å². The van der Waals surface area contributed by atoms with Crippen molar-refractivity contribution >= 4 is 23.5 Å². The molecule has 0 aromatic carbocycles. The van der Waals surface area contributed by atoms with Gasteiger partial charge in [0.05, 0.1) is 29.5 Å². The van der Waals surface area contributed by atoms with Crippen LogP contribution in [0.4, 0.5) is 0 Å². The zero-order chi connectivity index (χ0) is 28.3. The van der Waals surface area contributed by atoms with Crippen LogP contribution in [0, 0.1) is 28.6 Å². The molecule has 0 radical (unpaired) electrons. The Balaban J connectivity index is 1.51. The van der Waals surface area contributed by atoms with Gasteiger partial charge in [-0.3, -0.25) is 9.59 Å².